The number of hydrogen-bond acceptors (Lipinski definition) is 2. The van der Waals surface area contributed by atoms with Crippen molar-refractivity contribution in [3.05, 3.63) is 42.5 Å². The second kappa shape index (κ2) is 3.60. The molecular weight excluding hydrogens is 154 g/mol. The summed E-state index contributed by atoms with van der Waals surface area (Å²) < 4.78 is 0. The molecule has 1 rings (SSSR count). The highest BCUT2D eigenvalue weighted by Crippen LogP contribution is 2.13. The molecule has 1 aromatic carbocycles. The lowest BCUT2D eigenvalue weighted by molar-refractivity contribution is 0.912. The lowest BCUT2D eigenvalue weighted by Gasteiger charge is -2.05. The molecule has 1 atom stereocenters. The Hall–Kier alpha value is -0.730. The van der Waals surface area contributed by atoms with Gasteiger partial charge in [0.05, 0.1) is 0 Å². The number of rotatable bonds is 2. The van der Waals surface area contributed by atoms with E-state index in [1.54, 1.807) is 6.08 Å². The summed E-state index contributed by atoms with van der Waals surface area (Å²) in [5.41, 5.74) is 6.77. The summed E-state index contributed by atoms with van der Waals surface area (Å²) in [6.45, 7) is 3.62. The third-order valence-electron chi connectivity index (χ3n) is 1.53. The van der Waals surface area contributed by atoms with E-state index < -0.39 is 0 Å². The van der Waals surface area contributed by atoms with Crippen LogP contribution >= 0.6 is 12.6 Å². The summed E-state index contributed by atoms with van der Waals surface area (Å²) in [7, 11) is 0. The van der Waals surface area contributed by atoms with Crippen molar-refractivity contribution in [3.63, 3.8) is 0 Å². The fourth-order valence-electron chi connectivity index (χ4n) is 0.833. The standard InChI is InChI=1S/C9H11NS/c1-2-9(10)7-3-5-8(11)6-4-7/h2-6,9,11H,1,10H2. The van der Waals surface area contributed by atoms with Crippen LogP contribution in [0, 0.1) is 0 Å². The van der Waals surface area contributed by atoms with E-state index >= 15 is 0 Å². The lowest BCUT2D eigenvalue weighted by atomic mass is 10.1. The maximum atomic E-state index is 5.70. The minimum atomic E-state index is -0.0658. The minimum Gasteiger partial charge on any atom is -0.321 e. The fourth-order valence-corrected chi connectivity index (χ4v) is 0.982. The zero-order valence-electron chi connectivity index (χ0n) is 6.20. The van der Waals surface area contributed by atoms with Crippen molar-refractivity contribution in [1.29, 1.82) is 0 Å². The van der Waals surface area contributed by atoms with Crippen molar-refractivity contribution in [1.82, 2.24) is 0 Å². The Morgan fingerprint density at radius 1 is 1.36 bits per heavy atom. The average molecular weight is 165 g/mol. The molecule has 0 amide bonds. The Labute approximate surface area is 72.3 Å². The van der Waals surface area contributed by atoms with E-state index in [0.717, 1.165) is 10.5 Å². The first-order valence-corrected chi connectivity index (χ1v) is 3.86. The molecule has 0 radical (unpaired) electrons. The van der Waals surface area contributed by atoms with Crippen LogP contribution in [0.25, 0.3) is 0 Å². The molecule has 0 fully saturated rings. The Morgan fingerprint density at radius 2 is 1.91 bits per heavy atom. The first-order valence-electron chi connectivity index (χ1n) is 3.41. The summed E-state index contributed by atoms with van der Waals surface area (Å²) in [6, 6.07) is 7.68. The number of nitrogens with two attached hydrogens (primary N) is 1. The van der Waals surface area contributed by atoms with Gasteiger partial charge in [-0.05, 0) is 17.7 Å². The van der Waals surface area contributed by atoms with Gasteiger partial charge in [-0.1, -0.05) is 18.2 Å². The van der Waals surface area contributed by atoms with Crippen LogP contribution in [0.15, 0.2) is 41.8 Å². The lowest BCUT2D eigenvalue weighted by Crippen LogP contribution is -2.05. The van der Waals surface area contributed by atoms with Gasteiger partial charge in [0.1, 0.15) is 0 Å². The Morgan fingerprint density at radius 3 is 2.36 bits per heavy atom. The molecule has 1 aromatic rings. The quantitative estimate of drug-likeness (QED) is 0.509. The average Bonchev–Trinajstić information content (AvgIpc) is 2.05. The second-order valence-corrected chi connectivity index (χ2v) is 2.87. The van der Waals surface area contributed by atoms with Crippen LogP contribution in [0.2, 0.25) is 0 Å². The maximum absolute atomic E-state index is 5.70. The van der Waals surface area contributed by atoms with Crippen LogP contribution in [0.1, 0.15) is 11.6 Å². The molecular formula is C9H11NS. The normalized spacial score (nSPS) is 12.5. The van der Waals surface area contributed by atoms with E-state index in [1.807, 2.05) is 24.3 Å². The van der Waals surface area contributed by atoms with Crippen LogP contribution in [0.5, 0.6) is 0 Å². The largest absolute Gasteiger partial charge is 0.321 e. The monoisotopic (exact) mass is 165 g/mol. The third kappa shape index (κ3) is 2.10. The van der Waals surface area contributed by atoms with Crippen molar-refractivity contribution in [2.75, 3.05) is 0 Å². The van der Waals surface area contributed by atoms with Crippen LogP contribution in [-0.4, -0.2) is 0 Å². The fraction of sp³-hybridized carbons (Fsp3) is 0.111. The molecule has 0 saturated heterocycles. The van der Waals surface area contributed by atoms with Gasteiger partial charge in [0.25, 0.3) is 0 Å². The van der Waals surface area contributed by atoms with Gasteiger partial charge >= 0.3 is 0 Å². The Balaban J connectivity index is 2.89. The van der Waals surface area contributed by atoms with Gasteiger partial charge in [-0.3, -0.25) is 0 Å². The van der Waals surface area contributed by atoms with Crippen molar-refractivity contribution in [2.45, 2.75) is 10.9 Å². The molecule has 0 aliphatic rings. The van der Waals surface area contributed by atoms with Gasteiger partial charge in [-0.2, -0.15) is 0 Å². The predicted octanol–water partition coefficient (Wildman–Crippen LogP) is 2.16. The molecule has 58 valence electrons. The topological polar surface area (TPSA) is 26.0 Å². The van der Waals surface area contributed by atoms with Crippen molar-refractivity contribution >= 4 is 12.6 Å². The highest BCUT2D eigenvalue weighted by Gasteiger charge is 1.98. The Bertz CT molecular complexity index is 240. The van der Waals surface area contributed by atoms with Gasteiger partial charge in [0, 0.05) is 10.9 Å². The molecule has 2 N–H and O–H groups in total. The van der Waals surface area contributed by atoms with Gasteiger partial charge in [-0.15, -0.1) is 19.2 Å². The summed E-state index contributed by atoms with van der Waals surface area (Å²) in [4.78, 5) is 0.949. The first-order chi connectivity index (χ1) is 5.24. The van der Waals surface area contributed by atoms with Crippen molar-refractivity contribution < 1.29 is 0 Å². The molecule has 0 saturated carbocycles. The third-order valence-corrected chi connectivity index (χ3v) is 1.83. The van der Waals surface area contributed by atoms with E-state index in [-0.39, 0.29) is 6.04 Å². The molecule has 0 bridgehead atoms. The summed E-state index contributed by atoms with van der Waals surface area (Å²) in [5, 5.41) is 0. The van der Waals surface area contributed by atoms with E-state index in [2.05, 4.69) is 19.2 Å². The maximum Gasteiger partial charge on any atom is 0.0478 e. The zero-order chi connectivity index (χ0) is 8.27. The molecule has 11 heavy (non-hydrogen) atoms. The predicted molar refractivity (Wildman–Crippen MR) is 50.8 cm³/mol. The molecule has 0 aliphatic carbocycles. The molecule has 2 heteroatoms. The van der Waals surface area contributed by atoms with Crippen molar-refractivity contribution in [3.8, 4) is 0 Å². The van der Waals surface area contributed by atoms with Gasteiger partial charge in [0.2, 0.25) is 0 Å². The summed E-state index contributed by atoms with van der Waals surface area (Å²) in [6.07, 6.45) is 1.72. The van der Waals surface area contributed by atoms with E-state index in [4.69, 9.17) is 5.73 Å². The highest BCUT2D eigenvalue weighted by atomic mass is 32.1. The summed E-state index contributed by atoms with van der Waals surface area (Å²) >= 11 is 4.16. The van der Waals surface area contributed by atoms with E-state index in [1.165, 1.54) is 0 Å². The first kappa shape index (κ1) is 8.37. The minimum absolute atomic E-state index is 0.0658. The molecule has 0 aliphatic heterocycles. The van der Waals surface area contributed by atoms with Gasteiger partial charge in [-0.25, -0.2) is 0 Å². The van der Waals surface area contributed by atoms with E-state index in [0.29, 0.717) is 0 Å². The Kier molecular flexibility index (Phi) is 2.74. The van der Waals surface area contributed by atoms with Crippen LogP contribution in [0.3, 0.4) is 0 Å². The second-order valence-electron chi connectivity index (χ2n) is 2.35. The highest BCUT2D eigenvalue weighted by molar-refractivity contribution is 7.80. The van der Waals surface area contributed by atoms with Crippen LogP contribution in [-0.2, 0) is 0 Å². The number of thiol groups is 1. The molecule has 1 nitrogen and oxygen atoms in total. The summed E-state index contributed by atoms with van der Waals surface area (Å²) in [5.74, 6) is 0. The van der Waals surface area contributed by atoms with Crippen molar-refractivity contribution in [2.24, 2.45) is 5.73 Å². The molecule has 0 spiro atoms. The van der Waals surface area contributed by atoms with Crippen LogP contribution in [0.4, 0.5) is 0 Å². The number of hydrogen-bond donors (Lipinski definition) is 2. The molecule has 1 unspecified atom stereocenters. The number of benzene rings is 1. The van der Waals surface area contributed by atoms with E-state index in [9.17, 15) is 0 Å². The molecule has 0 heterocycles. The SMILES string of the molecule is C=CC(N)c1ccc(S)cc1. The zero-order valence-corrected chi connectivity index (χ0v) is 7.09. The molecule has 0 aromatic heterocycles. The van der Waals surface area contributed by atoms with Gasteiger partial charge < -0.3 is 5.73 Å². The smallest absolute Gasteiger partial charge is 0.0478 e. The van der Waals surface area contributed by atoms with Crippen LogP contribution < -0.4 is 5.73 Å². The van der Waals surface area contributed by atoms with Gasteiger partial charge in [0.15, 0.2) is 0 Å².